The van der Waals surface area contributed by atoms with Crippen molar-refractivity contribution in [2.45, 2.75) is 32.3 Å². The first-order valence-electron chi connectivity index (χ1n) is 7.80. The summed E-state index contributed by atoms with van der Waals surface area (Å²) in [6, 6.07) is 0. The molecule has 116 valence electrons. The first-order valence-corrected chi connectivity index (χ1v) is 7.80. The van der Waals surface area contributed by atoms with Crippen molar-refractivity contribution in [1.82, 2.24) is 15.0 Å². The monoisotopic (exact) mass is 292 g/mol. The minimum Gasteiger partial charge on any atom is -0.378 e. The average Bonchev–Trinajstić information content (AvgIpc) is 3.16. The van der Waals surface area contributed by atoms with E-state index >= 15 is 0 Å². The number of nitrogens with one attached hydrogen (secondary N) is 2. The van der Waals surface area contributed by atoms with Crippen LogP contribution in [0.4, 0.5) is 17.8 Å². The van der Waals surface area contributed by atoms with E-state index in [4.69, 9.17) is 4.74 Å². The summed E-state index contributed by atoms with van der Waals surface area (Å²) < 4.78 is 5.59. The summed E-state index contributed by atoms with van der Waals surface area (Å²) >= 11 is 0. The zero-order valence-corrected chi connectivity index (χ0v) is 12.8. The molecular weight excluding hydrogens is 268 g/mol. The third kappa shape index (κ3) is 3.34. The Labute approximate surface area is 125 Å². The maximum Gasteiger partial charge on any atom is 0.231 e. The molecule has 0 bridgehead atoms. The van der Waals surface area contributed by atoms with Gasteiger partial charge in [0.25, 0.3) is 0 Å². The summed E-state index contributed by atoms with van der Waals surface area (Å²) in [5.74, 6) is 2.56. The van der Waals surface area contributed by atoms with Gasteiger partial charge in [-0.1, -0.05) is 0 Å². The van der Waals surface area contributed by atoms with Gasteiger partial charge in [0, 0.05) is 39.2 Å². The van der Waals surface area contributed by atoms with Gasteiger partial charge in [-0.25, -0.2) is 0 Å². The van der Waals surface area contributed by atoms with E-state index in [-0.39, 0.29) is 0 Å². The Morgan fingerprint density at radius 3 is 2.62 bits per heavy atom. The Morgan fingerprint density at radius 1 is 1.19 bits per heavy atom. The lowest BCUT2D eigenvalue weighted by Gasteiger charge is -2.18. The number of aromatic nitrogens is 3. The molecule has 0 aliphatic carbocycles. The number of anilines is 3. The van der Waals surface area contributed by atoms with Crippen molar-refractivity contribution in [3.8, 4) is 0 Å². The van der Waals surface area contributed by atoms with Crippen LogP contribution >= 0.6 is 0 Å². The number of hydrogen-bond donors (Lipinski definition) is 2. The number of hydrogen-bond acceptors (Lipinski definition) is 7. The third-order valence-corrected chi connectivity index (χ3v) is 4.29. The fourth-order valence-corrected chi connectivity index (χ4v) is 2.88. The second-order valence-electron chi connectivity index (χ2n) is 5.73. The van der Waals surface area contributed by atoms with E-state index in [9.17, 15) is 0 Å². The molecule has 1 aromatic rings. The summed E-state index contributed by atoms with van der Waals surface area (Å²) in [6.07, 6.45) is 3.82. The van der Waals surface area contributed by atoms with Crippen LogP contribution in [0.3, 0.4) is 0 Å². The standard InChI is InChI=1S/C14H24N6O/c1-10-11(5-8-21-10)9-16-13-17-12(15-2)18-14(19-13)20-6-3-4-7-20/h10-11H,3-9H2,1-2H3,(H2,15,16,17,18,19). The van der Waals surface area contributed by atoms with Gasteiger partial charge in [-0.05, 0) is 26.2 Å². The Kier molecular flexibility index (Phi) is 4.38. The number of nitrogens with zero attached hydrogens (tertiary/aromatic N) is 4. The molecule has 0 radical (unpaired) electrons. The van der Waals surface area contributed by atoms with Crippen molar-refractivity contribution in [3.05, 3.63) is 0 Å². The van der Waals surface area contributed by atoms with Gasteiger partial charge in [-0.15, -0.1) is 0 Å². The summed E-state index contributed by atoms with van der Waals surface area (Å²) in [6.45, 7) is 5.88. The van der Waals surface area contributed by atoms with Gasteiger partial charge in [0.05, 0.1) is 6.10 Å². The van der Waals surface area contributed by atoms with Crippen LogP contribution in [0, 0.1) is 5.92 Å². The lowest BCUT2D eigenvalue weighted by atomic mass is 10.0. The van der Waals surface area contributed by atoms with Gasteiger partial charge >= 0.3 is 0 Å². The normalized spacial score (nSPS) is 25.3. The van der Waals surface area contributed by atoms with Gasteiger partial charge < -0.3 is 20.3 Å². The summed E-state index contributed by atoms with van der Waals surface area (Å²) in [7, 11) is 1.83. The fourth-order valence-electron chi connectivity index (χ4n) is 2.88. The minimum atomic E-state index is 0.307. The van der Waals surface area contributed by atoms with Crippen LogP contribution in [-0.4, -0.2) is 54.3 Å². The van der Waals surface area contributed by atoms with E-state index in [1.54, 1.807) is 0 Å². The maximum atomic E-state index is 5.59. The van der Waals surface area contributed by atoms with E-state index in [0.29, 0.717) is 23.9 Å². The summed E-state index contributed by atoms with van der Waals surface area (Å²) in [5.41, 5.74) is 0. The topological polar surface area (TPSA) is 75.2 Å². The first kappa shape index (κ1) is 14.3. The highest BCUT2D eigenvalue weighted by molar-refractivity contribution is 5.44. The molecule has 0 amide bonds. The lowest BCUT2D eigenvalue weighted by molar-refractivity contribution is 0.108. The zero-order valence-electron chi connectivity index (χ0n) is 12.8. The molecule has 2 fully saturated rings. The van der Waals surface area contributed by atoms with Crippen LogP contribution in [0.2, 0.25) is 0 Å². The molecule has 0 saturated carbocycles. The Bertz CT molecular complexity index is 477. The van der Waals surface area contributed by atoms with Crippen molar-refractivity contribution in [1.29, 1.82) is 0 Å². The van der Waals surface area contributed by atoms with E-state index in [2.05, 4.69) is 37.4 Å². The van der Waals surface area contributed by atoms with E-state index in [1.165, 1.54) is 12.8 Å². The highest BCUT2D eigenvalue weighted by Crippen LogP contribution is 2.22. The van der Waals surface area contributed by atoms with Crippen molar-refractivity contribution in [2.24, 2.45) is 5.92 Å². The molecule has 7 nitrogen and oxygen atoms in total. The van der Waals surface area contributed by atoms with Crippen LogP contribution in [0.15, 0.2) is 0 Å². The zero-order chi connectivity index (χ0) is 14.7. The summed E-state index contributed by atoms with van der Waals surface area (Å²) in [4.78, 5) is 15.6. The third-order valence-electron chi connectivity index (χ3n) is 4.29. The van der Waals surface area contributed by atoms with Crippen LogP contribution in [-0.2, 0) is 4.74 Å². The molecule has 2 aliphatic rings. The molecule has 7 heteroatoms. The second-order valence-corrected chi connectivity index (χ2v) is 5.73. The Morgan fingerprint density at radius 2 is 1.95 bits per heavy atom. The van der Waals surface area contributed by atoms with Crippen LogP contribution < -0.4 is 15.5 Å². The SMILES string of the molecule is CNc1nc(NCC2CCOC2C)nc(N2CCCC2)n1. The van der Waals surface area contributed by atoms with Gasteiger partial charge in [-0.2, -0.15) is 15.0 Å². The van der Waals surface area contributed by atoms with Crippen LogP contribution in [0.5, 0.6) is 0 Å². The molecule has 21 heavy (non-hydrogen) atoms. The van der Waals surface area contributed by atoms with Crippen molar-refractivity contribution in [2.75, 3.05) is 48.8 Å². The minimum absolute atomic E-state index is 0.307. The molecule has 0 spiro atoms. The first-order chi connectivity index (χ1) is 10.3. The second kappa shape index (κ2) is 6.43. The van der Waals surface area contributed by atoms with E-state index in [0.717, 1.165) is 38.6 Å². The Balaban J connectivity index is 1.69. The summed E-state index contributed by atoms with van der Waals surface area (Å²) in [5, 5.41) is 6.36. The predicted octanol–water partition coefficient (Wildman–Crippen LogP) is 1.35. The molecule has 2 atom stereocenters. The highest BCUT2D eigenvalue weighted by atomic mass is 16.5. The largest absolute Gasteiger partial charge is 0.378 e. The molecule has 2 unspecified atom stereocenters. The lowest BCUT2D eigenvalue weighted by Crippen LogP contribution is -2.24. The van der Waals surface area contributed by atoms with Gasteiger partial charge in [0.2, 0.25) is 17.8 Å². The molecule has 3 heterocycles. The van der Waals surface area contributed by atoms with Crippen molar-refractivity contribution in [3.63, 3.8) is 0 Å². The molecule has 2 saturated heterocycles. The smallest absolute Gasteiger partial charge is 0.231 e. The predicted molar refractivity (Wildman–Crippen MR) is 82.8 cm³/mol. The average molecular weight is 292 g/mol. The van der Waals surface area contributed by atoms with E-state index < -0.39 is 0 Å². The molecule has 0 aromatic carbocycles. The maximum absolute atomic E-state index is 5.59. The number of rotatable bonds is 5. The molecule has 2 aliphatic heterocycles. The van der Waals surface area contributed by atoms with Gasteiger partial charge in [-0.3, -0.25) is 0 Å². The quantitative estimate of drug-likeness (QED) is 0.848. The highest BCUT2D eigenvalue weighted by Gasteiger charge is 2.24. The molecule has 1 aromatic heterocycles. The van der Waals surface area contributed by atoms with Gasteiger partial charge in [0.15, 0.2) is 0 Å². The fraction of sp³-hybridized carbons (Fsp3) is 0.786. The van der Waals surface area contributed by atoms with Gasteiger partial charge in [0.1, 0.15) is 0 Å². The van der Waals surface area contributed by atoms with Crippen molar-refractivity contribution >= 4 is 17.8 Å². The van der Waals surface area contributed by atoms with Crippen molar-refractivity contribution < 1.29 is 4.74 Å². The van der Waals surface area contributed by atoms with Crippen LogP contribution in [0.25, 0.3) is 0 Å². The molecule has 2 N–H and O–H groups in total. The number of ether oxygens (including phenoxy) is 1. The van der Waals surface area contributed by atoms with Crippen LogP contribution in [0.1, 0.15) is 26.2 Å². The molecule has 3 rings (SSSR count). The van der Waals surface area contributed by atoms with E-state index in [1.807, 2.05) is 7.05 Å². The Hall–Kier alpha value is -1.63. The molecular formula is C14H24N6O.